The summed E-state index contributed by atoms with van der Waals surface area (Å²) in [5, 5.41) is 0.784. The zero-order chi connectivity index (χ0) is 15.8. The second-order valence-electron chi connectivity index (χ2n) is 5.68. The van der Waals surface area contributed by atoms with Crippen molar-refractivity contribution in [3.63, 3.8) is 0 Å². The number of rotatable bonds is 5. The first-order valence-electron chi connectivity index (χ1n) is 7.53. The number of nitrogens with two attached hydrogens (primary N) is 1. The van der Waals surface area contributed by atoms with E-state index in [2.05, 4.69) is 19.5 Å². The van der Waals surface area contributed by atoms with Crippen molar-refractivity contribution < 1.29 is 4.74 Å². The molecule has 0 radical (unpaired) electrons. The van der Waals surface area contributed by atoms with Gasteiger partial charge >= 0.3 is 0 Å². The van der Waals surface area contributed by atoms with Gasteiger partial charge in [-0.05, 0) is 43.0 Å². The van der Waals surface area contributed by atoms with E-state index in [-0.39, 0.29) is 5.95 Å². The minimum Gasteiger partial charge on any atom is -0.497 e. The molecular formula is C16H17N5OS. The lowest BCUT2D eigenvalue weighted by Crippen LogP contribution is -2.02. The minimum atomic E-state index is 0.283. The summed E-state index contributed by atoms with van der Waals surface area (Å²) in [6.07, 6.45) is 4.41. The van der Waals surface area contributed by atoms with Gasteiger partial charge in [-0.2, -0.15) is 4.98 Å². The lowest BCUT2D eigenvalue weighted by Gasteiger charge is -2.06. The van der Waals surface area contributed by atoms with Gasteiger partial charge in [-0.25, -0.2) is 9.97 Å². The van der Waals surface area contributed by atoms with Crippen LogP contribution in [-0.4, -0.2) is 26.6 Å². The Morgan fingerprint density at radius 2 is 2.04 bits per heavy atom. The Morgan fingerprint density at radius 3 is 2.74 bits per heavy atom. The van der Waals surface area contributed by atoms with Crippen LogP contribution in [0.5, 0.6) is 5.75 Å². The van der Waals surface area contributed by atoms with Gasteiger partial charge < -0.3 is 15.0 Å². The summed E-state index contributed by atoms with van der Waals surface area (Å²) in [7, 11) is 1.66. The lowest BCUT2D eigenvalue weighted by molar-refractivity contribution is 0.414. The van der Waals surface area contributed by atoms with Crippen LogP contribution in [0.3, 0.4) is 0 Å². The molecule has 0 spiro atoms. The second kappa shape index (κ2) is 5.73. The van der Waals surface area contributed by atoms with Gasteiger partial charge in [-0.3, -0.25) is 0 Å². The number of nitrogens with zero attached hydrogens (tertiary/aromatic N) is 4. The Balaban J connectivity index is 1.68. The van der Waals surface area contributed by atoms with Crippen LogP contribution < -0.4 is 10.5 Å². The summed E-state index contributed by atoms with van der Waals surface area (Å²) in [5.41, 5.74) is 7.53. The van der Waals surface area contributed by atoms with Crippen molar-refractivity contribution in [1.29, 1.82) is 0 Å². The molecule has 0 bridgehead atoms. The van der Waals surface area contributed by atoms with E-state index in [0.29, 0.717) is 0 Å². The van der Waals surface area contributed by atoms with Crippen LogP contribution in [-0.2, 0) is 6.54 Å². The quantitative estimate of drug-likeness (QED) is 0.726. The van der Waals surface area contributed by atoms with Gasteiger partial charge in [0.15, 0.2) is 5.65 Å². The third kappa shape index (κ3) is 2.96. The van der Waals surface area contributed by atoms with Gasteiger partial charge in [-0.15, -0.1) is 0 Å². The number of hydrogen-bond acceptors (Lipinski definition) is 6. The van der Waals surface area contributed by atoms with Crippen LogP contribution in [0.4, 0.5) is 5.95 Å². The van der Waals surface area contributed by atoms with Crippen molar-refractivity contribution in [3.05, 3.63) is 30.6 Å². The molecule has 0 saturated heterocycles. The summed E-state index contributed by atoms with van der Waals surface area (Å²) in [5.74, 6) is 1.86. The van der Waals surface area contributed by atoms with E-state index in [4.69, 9.17) is 10.5 Å². The van der Waals surface area contributed by atoms with Crippen LogP contribution in [0.25, 0.3) is 11.2 Å². The average Bonchev–Trinajstić information content (AvgIpc) is 3.28. The molecule has 7 heteroatoms. The molecule has 0 unspecified atom stereocenters. The second-order valence-corrected chi connectivity index (χ2v) is 6.74. The van der Waals surface area contributed by atoms with Crippen molar-refractivity contribution in [2.75, 3.05) is 12.8 Å². The lowest BCUT2D eigenvalue weighted by atomic mass is 10.3. The van der Waals surface area contributed by atoms with Gasteiger partial charge in [0, 0.05) is 11.4 Å². The predicted octanol–water partition coefficient (Wildman–Crippen LogP) is 2.98. The number of methoxy groups -OCH3 is 1. The maximum absolute atomic E-state index is 5.90. The number of benzene rings is 1. The number of hydrogen-bond donors (Lipinski definition) is 1. The van der Waals surface area contributed by atoms with Crippen molar-refractivity contribution in [2.24, 2.45) is 5.92 Å². The Bertz CT molecular complexity index is 842. The molecule has 3 aromatic rings. The molecule has 1 fully saturated rings. The molecule has 1 aliphatic rings. The van der Waals surface area contributed by atoms with Gasteiger partial charge in [-0.1, -0.05) is 11.8 Å². The molecule has 1 saturated carbocycles. The first-order chi connectivity index (χ1) is 11.2. The molecule has 0 amide bonds. The molecule has 2 N–H and O–H groups in total. The summed E-state index contributed by atoms with van der Waals surface area (Å²) in [6, 6.07) is 7.84. The molecule has 118 valence electrons. The van der Waals surface area contributed by atoms with Crippen molar-refractivity contribution in [2.45, 2.75) is 29.3 Å². The minimum absolute atomic E-state index is 0.283. The maximum atomic E-state index is 5.90. The maximum Gasteiger partial charge on any atom is 0.223 e. The number of anilines is 1. The Labute approximate surface area is 138 Å². The van der Waals surface area contributed by atoms with Crippen LogP contribution in [0.2, 0.25) is 0 Å². The highest BCUT2D eigenvalue weighted by Crippen LogP contribution is 2.34. The number of nitrogen functional groups attached to an aromatic ring is 1. The zero-order valence-electron chi connectivity index (χ0n) is 12.8. The van der Waals surface area contributed by atoms with Crippen molar-refractivity contribution in [1.82, 2.24) is 19.5 Å². The monoisotopic (exact) mass is 327 g/mol. The van der Waals surface area contributed by atoms with Crippen molar-refractivity contribution >= 4 is 28.9 Å². The third-order valence-corrected chi connectivity index (χ3v) is 4.86. The predicted molar refractivity (Wildman–Crippen MR) is 89.6 cm³/mol. The molecule has 6 nitrogen and oxygen atoms in total. The molecule has 1 aromatic carbocycles. The number of imidazole rings is 1. The van der Waals surface area contributed by atoms with Gasteiger partial charge in [0.2, 0.25) is 5.95 Å². The summed E-state index contributed by atoms with van der Waals surface area (Å²) in [6.45, 7) is 0.958. The average molecular weight is 327 g/mol. The fourth-order valence-electron chi connectivity index (χ4n) is 2.47. The molecular weight excluding hydrogens is 310 g/mol. The number of aromatic nitrogens is 4. The van der Waals surface area contributed by atoms with E-state index in [0.717, 1.165) is 39.3 Å². The van der Waals surface area contributed by atoms with E-state index in [1.807, 2.05) is 30.6 Å². The Kier molecular flexibility index (Phi) is 3.57. The van der Waals surface area contributed by atoms with Crippen molar-refractivity contribution in [3.8, 4) is 5.75 Å². The standard InChI is InChI=1S/C16H17N5OS/c1-22-11-4-6-12(7-5-11)23-15-13-14(19-16(17)20-15)21(9-18-13)8-10-2-3-10/h4-7,9-10H,2-3,8H2,1H3,(H2,17,19,20). The normalized spacial score (nSPS) is 14.3. The van der Waals surface area contributed by atoms with Crippen LogP contribution in [0.1, 0.15) is 12.8 Å². The number of ether oxygens (including phenoxy) is 1. The van der Waals surface area contributed by atoms with Gasteiger partial charge in [0.25, 0.3) is 0 Å². The fraction of sp³-hybridized carbons (Fsp3) is 0.312. The van der Waals surface area contributed by atoms with E-state index >= 15 is 0 Å². The van der Waals surface area contributed by atoms with Crippen LogP contribution >= 0.6 is 11.8 Å². The first-order valence-corrected chi connectivity index (χ1v) is 8.35. The van der Waals surface area contributed by atoms with E-state index in [9.17, 15) is 0 Å². The smallest absolute Gasteiger partial charge is 0.223 e. The van der Waals surface area contributed by atoms with Gasteiger partial charge in [0.1, 0.15) is 16.3 Å². The molecule has 0 aliphatic heterocycles. The van der Waals surface area contributed by atoms with Gasteiger partial charge in [0.05, 0.1) is 13.4 Å². The summed E-state index contributed by atoms with van der Waals surface area (Å²) in [4.78, 5) is 14.3. The fourth-order valence-corrected chi connectivity index (χ4v) is 3.35. The number of fused-ring (bicyclic) bond motifs is 1. The molecule has 4 rings (SSSR count). The molecule has 0 atom stereocenters. The van der Waals surface area contributed by atoms with E-state index in [1.165, 1.54) is 24.6 Å². The highest BCUT2D eigenvalue weighted by Gasteiger charge is 2.23. The van der Waals surface area contributed by atoms with E-state index < -0.39 is 0 Å². The summed E-state index contributed by atoms with van der Waals surface area (Å²) >= 11 is 1.54. The third-order valence-electron chi connectivity index (χ3n) is 3.87. The largest absolute Gasteiger partial charge is 0.497 e. The van der Waals surface area contributed by atoms with Crippen LogP contribution in [0.15, 0.2) is 40.5 Å². The van der Waals surface area contributed by atoms with E-state index in [1.54, 1.807) is 7.11 Å². The molecule has 1 aliphatic carbocycles. The SMILES string of the molecule is COc1ccc(Sc2nc(N)nc3c2ncn3CC2CC2)cc1. The highest BCUT2D eigenvalue weighted by atomic mass is 32.2. The Morgan fingerprint density at radius 1 is 1.26 bits per heavy atom. The first kappa shape index (κ1) is 14.3. The molecule has 2 aromatic heterocycles. The highest BCUT2D eigenvalue weighted by molar-refractivity contribution is 7.99. The Hall–Kier alpha value is -2.28. The zero-order valence-corrected chi connectivity index (χ0v) is 13.6. The topological polar surface area (TPSA) is 78.8 Å². The molecule has 23 heavy (non-hydrogen) atoms. The summed E-state index contributed by atoms with van der Waals surface area (Å²) < 4.78 is 7.27. The van der Waals surface area contributed by atoms with Crippen LogP contribution in [0, 0.1) is 5.92 Å². The molecule has 2 heterocycles.